The number of fused-ring (bicyclic) bond motifs is 2. The molecule has 0 aliphatic heterocycles. The third kappa shape index (κ3) is 6.99. The molecule has 0 spiro atoms. The molecule has 0 bridgehead atoms. The van der Waals surface area contributed by atoms with E-state index in [0.29, 0.717) is 35.1 Å². The number of aromatic nitrogens is 2. The van der Waals surface area contributed by atoms with Crippen molar-refractivity contribution >= 4 is 46.9 Å². The number of nitrogens with one attached hydrogen (secondary N) is 2. The van der Waals surface area contributed by atoms with E-state index >= 15 is 0 Å². The summed E-state index contributed by atoms with van der Waals surface area (Å²) in [5.74, 6) is -0.751. The number of ketones is 2. The Morgan fingerprint density at radius 1 is 0.558 bits per heavy atom. The Balaban J connectivity index is 0.000000192. The first-order valence-corrected chi connectivity index (χ1v) is 12.7. The fraction of sp³-hybridized carbons (Fsp3) is 0. The van der Waals surface area contributed by atoms with Gasteiger partial charge in [-0.1, -0.05) is 36.4 Å². The Labute approximate surface area is 256 Å². The van der Waals surface area contributed by atoms with Crippen molar-refractivity contribution in [2.75, 3.05) is 10.9 Å². The molecule has 0 saturated carbocycles. The number of carbonyl (C=O) groups excluding carboxylic acids is 4. The number of Topliss-reactive ketones (excluding diaryl/α,β-unsaturated/α-hetero) is 2. The van der Waals surface area contributed by atoms with Gasteiger partial charge in [0.15, 0.2) is 12.6 Å². The predicted octanol–water partition coefficient (Wildman–Crippen LogP) is 4.44. The number of aldehydes is 2. The summed E-state index contributed by atoms with van der Waals surface area (Å²) in [7, 11) is 0. The number of hydrazone groups is 2. The second-order valence-electron chi connectivity index (χ2n) is 8.84. The smallest absolute Gasteiger partial charge is 0.215 e. The Bertz CT molecular complexity index is 1670. The molecule has 6 rings (SSSR count). The van der Waals surface area contributed by atoms with Gasteiger partial charge in [-0.15, -0.1) is 0 Å². The number of benzene rings is 2. The molecule has 2 aromatic carbocycles. The maximum Gasteiger partial charge on any atom is 0.215 e. The third-order valence-corrected chi connectivity index (χ3v) is 6.12. The standard InChI is InChI=1S/2C16H11N3O2.Co/c2*20-10-11-9-14(19-18-12-5-2-1-3-6-12)13-7-4-8-17-15(13)16(11)21;/h2*1-10,18H;/b2*19-14-;. The van der Waals surface area contributed by atoms with Crippen LogP contribution in [-0.4, -0.2) is 45.5 Å². The molecule has 0 fully saturated rings. The molecular formula is C32H22CoN6O4. The Morgan fingerprint density at radius 2 is 0.953 bits per heavy atom. The van der Waals surface area contributed by atoms with E-state index in [1.165, 1.54) is 24.5 Å². The molecular weight excluding hydrogens is 591 g/mol. The predicted molar refractivity (Wildman–Crippen MR) is 159 cm³/mol. The van der Waals surface area contributed by atoms with Gasteiger partial charge in [0.25, 0.3) is 0 Å². The van der Waals surface area contributed by atoms with E-state index in [9.17, 15) is 19.2 Å². The van der Waals surface area contributed by atoms with Gasteiger partial charge >= 0.3 is 0 Å². The zero-order valence-electron chi connectivity index (χ0n) is 22.3. The van der Waals surface area contributed by atoms with Crippen LogP contribution in [0.1, 0.15) is 32.1 Å². The van der Waals surface area contributed by atoms with Crippen molar-refractivity contribution in [1.82, 2.24) is 9.97 Å². The van der Waals surface area contributed by atoms with Crippen molar-refractivity contribution < 1.29 is 36.0 Å². The van der Waals surface area contributed by atoms with Gasteiger partial charge in [-0.05, 0) is 60.7 Å². The molecule has 2 aliphatic carbocycles. The van der Waals surface area contributed by atoms with Gasteiger partial charge in [0.05, 0.1) is 33.9 Å². The van der Waals surface area contributed by atoms with Crippen LogP contribution in [0.2, 0.25) is 0 Å². The van der Waals surface area contributed by atoms with Crippen LogP contribution in [0.3, 0.4) is 0 Å². The first-order valence-electron chi connectivity index (χ1n) is 12.7. The SMILES string of the molecule is O=CC1=C/C(=N/Nc2ccccc2)c2cccnc2C1=O.O=CC1=C/C(=N/Nc2ccccc2)c2cccnc2C1=O.[Co]. The molecule has 0 unspecified atom stereocenters. The number of carbonyl (C=O) groups is 4. The number of anilines is 2. The molecule has 213 valence electrons. The van der Waals surface area contributed by atoms with Crippen LogP contribution in [0, 0.1) is 0 Å². The average molecular weight is 613 g/mol. The average Bonchev–Trinajstić information content (AvgIpc) is 3.05. The van der Waals surface area contributed by atoms with E-state index in [4.69, 9.17) is 0 Å². The van der Waals surface area contributed by atoms with Crippen molar-refractivity contribution in [3.05, 3.63) is 143 Å². The van der Waals surface area contributed by atoms with Crippen LogP contribution in [0.15, 0.2) is 131 Å². The van der Waals surface area contributed by atoms with Crippen LogP contribution in [0.25, 0.3) is 0 Å². The molecule has 0 amide bonds. The first-order chi connectivity index (χ1) is 20.6. The maximum absolute atomic E-state index is 12.0. The van der Waals surface area contributed by atoms with E-state index in [-0.39, 0.29) is 50.9 Å². The molecule has 1 radical (unpaired) electrons. The number of hydrogen-bond acceptors (Lipinski definition) is 10. The topological polar surface area (TPSA) is 143 Å². The number of allylic oxidation sites excluding steroid dienone is 4. The van der Waals surface area contributed by atoms with E-state index in [1.54, 1.807) is 24.3 Å². The summed E-state index contributed by atoms with van der Waals surface area (Å²) >= 11 is 0. The van der Waals surface area contributed by atoms with Gasteiger partial charge < -0.3 is 0 Å². The van der Waals surface area contributed by atoms with E-state index in [0.717, 1.165) is 11.4 Å². The number of hydrogen-bond donors (Lipinski definition) is 2. The number of para-hydroxylation sites is 2. The monoisotopic (exact) mass is 613 g/mol. The Kier molecular flexibility index (Phi) is 10.1. The van der Waals surface area contributed by atoms with Crippen molar-refractivity contribution in [1.29, 1.82) is 0 Å². The summed E-state index contributed by atoms with van der Waals surface area (Å²) in [6.07, 6.45) is 7.03. The number of pyridine rings is 2. The van der Waals surface area contributed by atoms with Gasteiger partial charge in [0, 0.05) is 40.3 Å². The van der Waals surface area contributed by atoms with Gasteiger partial charge in [0.1, 0.15) is 11.4 Å². The maximum atomic E-state index is 12.0. The molecule has 0 atom stereocenters. The molecule has 2 heterocycles. The minimum absolute atomic E-state index is 0. The normalized spacial score (nSPS) is 15.0. The molecule has 2 aromatic heterocycles. The fourth-order valence-corrected chi connectivity index (χ4v) is 4.08. The van der Waals surface area contributed by atoms with E-state index in [2.05, 4.69) is 31.0 Å². The Morgan fingerprint density at radius 3 is 1.33 bits per heavy atom. The van der Waals surface area contributed by atoms with Crippen LogP contribution < -0.4 is 10.9 Å². The number of rotatable bonds is 6. The fourth-order valence-electron chi connectivity index (χ4n) is 4.08. The second-order valence-corrected chi connectivity index (χ2v) is 8.84. The quantitative estimate of drug-likeness (QED) is 0.185. The summed E-state index contributed by atoms with van der Waals surface area (Å²) in [6.45, 7) is 0. The van der Waals surface area contributed by atoms with Crippen molar-refractivity contribution in [3.63, 3.8) is 0 Å². The largest absolute Gasteiger partial charge is 0.298 e. The zero-order chi connectivity index (χ0) is 29.3. The molecule has 4 aromatic rings. The van der Waals surface area contributed by atoms with Crippen molar-refractivity contribution in [3.8, 4) is 0 Å². The summed E-state index contributed by atoms with van der Waals surface area (Å²) in [5.41, 5.74) is 10.2. The minimum Gasteiger partial charge on any atom is -0.298 e. The van der Waals surface area contributed by atoms with Crippen LogP contribution >= 0.6 is 0 Å². The summed E-state index contributed by atoms with van der Waals surface area (Å²) in [6, 6.07) is 25.8. The number of nitrogens with zero attached hydrogens (tertiary/aromatic N) is 4. The zero-order valence-corrected chi connectivity index (χ0v) is 23.3. The molecule has 11 heteroatoms. The van der Waals surface area contributed by atoms with Gasteiger partial charge in [-0.3, -0.25) is 40.0 Å². The van der Waals surface area contributed by atoms with Crippen molar-refractivity contribution in [2.24, 2.45) is 10.2 Å². The van der Waals surface area contributed by atoms with Gasteiger partial charge in [-0.2, -0.15) is 10.2 Å². The van der Waals surface area contributed by atoms with Crippen LogP contribution in [-0.2, 0) is 26.4 Å². The molecule has 2 aliphatic rings. The molecule has 10 nitrogen and oxygen atoms in total. The molecule has 2 N–H and O–H groups in total. The Hall–Kier alpha value is -5.65. The summed E-state index contributed by atoms with van der Waals surface area (Å²) < 4.78 is 0. The third-order valence-electron chi connectivity index (χ3n) is 6.12. The second kappa shape index (κ2) is 14.3. The van der Waals surface area contributed by atoms with E-state index < -0.39 is 0 Å². The van der Waals surface area contributed by atoms with Gasteiger partial charge in [-0.25, -0.2) is 0 Å². The molecule has 0 saturated heterocycles. The van der Waals surface area contributed by atoms with Crippen molar-refractivity contribution in [2.45, 2.75) is 0 Å². The van der Waals surface area contributed by atoms with Gasteiger partial charge in [0.2, 0.25) is 11.6 Å². The van der Waals surface area contributed by atoms with E-state index in [1.807, 2.05) is 60.7 Å². The first kappa shape index (κ1) is 30.3. The molecule has 43 heavy (non-hydrogen) atoms. The minimum atomic E-state index is -0.376. The summed E-state index contributed by atoms with van der Waals surface area (Å²) in [5, 5.41) is 8.53. The summed E-state index contributed by atoms with van der Waals surface area (Å²) in [4.78, 5) is 54.2. The van der Waals surface area contributed by atoms with Crippen LogP contribution in [0.4, 0.5) is 11.4 Å². The van der Waals surface area contributed by atoms with Crippen LogP contribution in [0.5, 0.6) is 0 Å².